The van der Waals surface area contributed by atoms with Gasteiger partial charge >= 0.3 is 0 Å². The number of hydrogen-bond donors (Lipinski definition) is 3. The number of nitrogens with one attached hydrogen (secondary N) is 3. The lowest BCUT2D eigenvalue weighted by molar-refractivity contribution is 0.102. The van der Waals surface area contributed by atoms with Crippen LogP contribution in [0.1, 0.15) is 28.2 Å². The van der Waals surface area contributed by atoms with E-state index in [9.17, 15) is 4.79 Å². The van der Waals surface area contributed by atoms with Gasteiger partial charge in [-0.05, 0) is 43.5 Å². The van der Waals surface area contributed by atoms with Crippen LogP contribution in [0.4, 0.5) is 11.4 Å². The first-order valence-corrected chi connectivity index (χ1v) is 6.42. The molecule has 2 heterocycles. The van der Waals surface area contributed by atoms with Crippen molar-refractivity contribution in [3.63, 3.8) is 0 Å². The molecule has 1 amide bonds. The molecule has 0 unspecified atom stereocenters. The quantitative estimate of drug-likeness (QED) is 0.772. The molecule has 0 saturated carbocycles. The van der Waals surface area contributed by atoms with Crippen molar-refractivity contribution in [2.75, 3.05) is 17.2 Å². The molecule has 3 N–H and O–H groups in total. The van der Waals surface area contributed by atoms with Crippen LogP contribution in [0.5, 0.6) is 0 Å². The number of fused-ring (bicyclic) bond motifs is 1. The van der Waals surface area contributed by atoms with Gasteiger partial charge in [-0.2, -0.15) is 5.10 Å². The standard InChI is InChI=1S/C14H16N4O/c1-9-7-13(18-17-9)14(19)16-11-5-4-10-3-2-6-15-12(10)8-11/h4-5,7-8,15H,2-3,6H2,1H3,(H,16,19)(H,17,18). The molecule has 1 aromatic carbocycles. The molecule has 0 bridgehead atoms. The highest BCUT2D eigenvalue weighted by atomic mass is 16.1. The van der Waals surface area contributed by atoms with Gasteiger partial charge in [0.15, 0.2) is 5.69 Å². The summed E-state index contributed by atoms with van der Waals surface area (Å²) >= 11 is 0. The van der Waals surface area contributed by atoms with Crippen LogP contribution < -0.4 is 10.6 Å². The van der Waals surface area contributed by atoms with Gasteiger partial charge in [-0.1, -0.05) is 6.07 Å². The molecule has 1 aliphatic rings. The van der Waals surface area contributed by atoms with Gasteiger partial charge in [0, 0.05) is 23.6 Å². The van der Waals surface area contributed by atoms with Crippen LogP contribution in [0, 0.1) is 6.92 Å². The van der Waals surface area contributed by atoms with Crippen LogP contribution in [0.2, 0.25) is 0 Å². The molecule has 0 saturated heterocycles. The van der Waals surface area contributed by atoms with Gasteiger partial charge in [0.05, 0.1) is 0 Å². The van der Waals surface area contributed by atoms with Crippen molar-refractivity contribution in [2.24, 2.45) is 0 Å². The van der Waals surface area contributed by atoms with Crippen molar-refractivity contribution in [1.82, 2.24) is 10.2 Å². The summed E-state index contributed by atoms with van der Waals surface area (Å²) in [5.74, 6) is -0.194. The van der Waals surface area contributed by atoms with Crippen LogP contribution in [0.25, 0.3) is 0 Å². The van der Waals surface area contributed by atoms with E-state index >= 15 is 0 Å². The van der Waals surface area contributed by atoms with Crippen molar-refractivity contribution in [2.45, 2.75) is 19.8 Å². The van der Waals surface area contributed by atoms with Crippen molar-refractivity contribution < 1.29 is 4.79 Å². The molecule has 98 valence electrons. The average molecular weight is 256 g/mol. The maximum absolute atomic E-state index is 12.0. The monoisotopic (exact) mass is 256 g/mol. The molecule has 0 spiro atoms. The Balaban J connectivity index is 1.78. The SMILES string of the molecule is Cc1cc(C(=O)Nc2ccc3c(c2)NCCC3)n[nH]1. The molecule has 0 radical (unpaired) electrons. The maximum atomic E-state index is 12.0. The summed E-state index contributed by atoms with van der Waals surface area (Å²) in [6.07, 6.45) is 2.25. The van der Waals surface area contributed by atoms with E-state index in [4.69, 9.17) is 0 Å². The third-order valence-corrected chi connectivity index (χ3v) is 3.24. The molecule has 5 heteroatoms. The Labute approximate surface area is 111 Å². The summed E-state index contributed by atoms with van der Waals surface area (Å²) in [6, 6.07) is 7.70. The second kappa shape index (κ2) is 4.76. The topological polar surface area (TPSA) is 69.8 Å². The van der Waals surface area contributed by atoms with Crippen LogP contribution in [-0.2, 0) is 6.42 Å². The second-order valence-corrected chi connectivity index (χ2v) is 4.79. The fraction of sp³-hybridized carbons (Fsp3) is 0.286. The molecular formula is C14H16N4O. The fourth-order valence-corrected chi connectivity index (χ4v) is 2.27. The van der Waals surface area contributed by atoms with E-state index < -0.39 is 0 Å². The Hall–Kier alpha value is -2.30. The van der Waals surface area contributed by atoms with E-state index in [1.54, 1.807) is 6.07 Å². The van der Waals surface area contributed by atoms with Crippen molar-refractivity contribution >= 4 is 17.3 Å². The number of benzene rings is 1. The lowest BCUT2D eigenvalue weighted by Gasteiger charge is -2.18. The zero-order valence-corrected chi connectivity index (χ0v) is 10.8. The Morgan fingerprint density at radius 2 is 2.26 bits per heavy atom. The van der Waals surface area contributed by atoms with Gasteiger partial charge in [0.25, 0.3) is 5.91 Å². The third kappa shape index (κ3) is 2.45. The molecule has 0 fully saturated rings. The number of carbonyl (C=O) groups excluding carboxylic acids is 1. The summed E-state index contributed by atoms with van der Waals surface area (Å²) in [4.78, 5) is 12.0. The average Bonchev–Trinajstić information content (AvgIpc) is 2.85. The summed E-state index contributed by atoms with van der Waals surface area (Å²) in [5.41, 5.74) is 4.49. The van der Waals surface area contributed by atoms with Gasteiger partial charge in [-0.15, -0.1) is 0 Å². The van der Waals surface area contributed by atoms with E-state index in [-0.39, 0.29) is 5.91 Å². The van der Waals surface area contributed by atoms with Gasteiger partial charge in [-0.3, -0.25) is 9.89 Å². The smallest absolute Gasteiger partial charge is 0.276 e. The normalized spacial score (nSPS) is 13.5. The fourth-order valence-electron chi connectivity index (χ4n) is 2.27. The first-order valence-electron chi connectivity index (χ1n) is 6.42. The molecule has 19 heavy (non-hydrogen) atoms. The Kier molecular flexibility index (Phi) is 2.95. The van der Waals surface area contributed by atoms with E-state index in [0.717, 1.165) is 36.5 Å². The minimum Gasteiger partial charge on any atom is -0.385 e. The summed E-state index contributed by atoms with van der Waals surface area (Å²) in [6.45, 7) is 2.86. The van der Waals surface area contributed by atoms with Crippen molar-refractivity contribution in [3.05, 3.63) is 41.2 Å². The number of rotatable bonds is 2. The second-order valence-electron chi connectivity index (χ2n) is 4.79. The van der Waals surface area contributed by atoms with E-state index in [2.05, 4.69) is 26.9 Å². The number of carbonyl (C=O) groups is 1. The molecule has 0 aliphatic carbocycles. The first kappa shape index (κ1) is 11.8. The van der Waals surface area contributed by atoms with Crippen LogP contribution in [0.15, 0.2) is 24.3 Å². The maximum Gasteiger partial charge on any atom is 0.276 e. The highest BCUT2D eigenvalue weighted by Gasteiger charge is 2.12. The number of hydrogen-bond acceptors (Lipinski definition) is 3. The molecule has 2 aromatic rings. The number of aromatic nitrogens is 2. The minimum atomic E-state index is -0.194. The van der Waals surface area contributed by atoms with Gasteiger partial charge < -0.3 is 10.6 Å². The number of anilines is 2. The van der Waals surface area contributed by atoms with Crippen LogP contribution >= 0.6 is 0 Å². The third-order valence-electron chi connectivity index (χ3n) is 3.24. The highest BCUT2D eigenvalue weighted by molar-refractivity contribution is 6.03. The van der Waals surface area contributed by atoms with Crippen LogP contribution in [-0.4, -0.2) is 22.6 Å². The highest BCUT2D eigenvalue weighted by Crippen LogP contribution is 2.25. The zero-order chi connectivity index (χ0) is 13.2. The number of aromatic amines is 1. The lowest BCUT2D eigenvalue weighted by Crippen LogP contribution is -2.15. The van der Waals surface area contributed by atoms with Gasteiger partial charge in [-0.25, -0.2) is 0 Å². The number of nitrogens with zero attached hydrogens (tertiary/aromatic N) is 1. The largest absolute Gasteiger partial charge is 0.385 e. The summed E-state index contributed by atoms with van der Waals surface area (Å²) < 4.78 is 0. The predicted molar refractivity (Wildman–Crippen MR) is 74.5 cm³/mol. The van der Waals surface area contributed by atoms with E-state index in [0.29, 0.717) is 5.69 Å². The Morgan fingerprint density at radius 3 is 3.05 bits per heavy atom. The van der Waals surface area contributed by atoms with E-state index in [1.807, 2.05) is 19.1 Å². The Bertz CT molecular complexity index is 618. The molecule has 3 rings (SSSR count). The minimum absolute atomic E-state index is 0.194. The molecule has 0 atom stereocenters. The molecular weight excluding hydrogens is 240 g/mol. The number of H-pyrrole nitrogens is 1. The van der Waals surface area contributed by atoms with E-state index in [1.165, 1.54) is 5.56 Å². The summed E-state index contributed by atoms with van der Waals surface area (Å²) in [7, 11) is 0. The zero-order valence-electron chi connectivity index (χ0n) is 10.8. The van der Waals surface area contributed by atoms with Gasteiger partial charge in [0.1, 0.15) is 0 Å². The van der Waals surface area contributed by atoms with Crippen LogP contribution in [0.3, 0.4) is 0 Å². The molecule has 1 aliphatic heterocycles. The first-order chi connectivity index (χ1) is 9.22. The summed E-state index contributed by atoms with van der Waals surface area (Å²) in [5, 5.41) is 12.9. The number of aryl methyl sites for hydroxylation is 2. The van der Waals surface area contributed by atoms with Crippen molar-refractivity contribution in [3.8, 4) is 0 Å². The number of amides is 1. The predicted octanol–water partition coefficient (Wildman–Crippen LogP) is 2.33. The lowest BCUT2D eigenvalue weighted by atomic mass is 10.0. The molecule has 5 nitrogen and oxygen atoms in total. The van der Waals surface area contributed by atoms with Crippen molar-refractivity contribution in [1.29, 1.82) is 0 Å². The molecule has 1 aromatic heterocycles. The van der Waals surface area contributed by atoms with Gasteiger partial charge in [0.2, 0.25) is 0 Å². The Morgan fingerprint density at radius 1 is 1.37 bits per heavy atom.